The molecular formula is C21H22N6O. The predicted octanol–water partition coefficient (Wildman–Crippen LogP) is 3.09. The molecule has 0 bridgehead atoms. The van der Waals surface area contributed by atoms with Gasteiger partial charge in [-0.25, -0.2) is 4.98 Å². The molecule has 0 atom stereocenters. The van der Waals surface area contributed by atoms with Crippen molar-refractivity contribution in [2.45, 2.75) is 26.9 Å². The number of hydrogen-bond acceptors (Lipinski definition) is 4. The number of nitrogens with zero attached hydrogens (tertiary/aromatic N) is 5. The second kappa shape index (κ2) is 7.26. The Hall–Kier alpha value is -3.48. The fourth-order valence-corrected chi connectivity index (χ4v) is 3.31. The number of rotatable bonds is 5. The number of benzene rings is 1. The van der Waals surface area contributed by atoms with Crippen LogP contribution in [-0.4, -0.2) is 30.5 Å². The van der Waals surface area contributed by atoms with Gasteiger partial charge in [0.15, 0.2) is 0 Å². The summed E-state index contributed by atoms with van der Waals surface area (Å²) >= 11 is 0. The van der Waals surface area contributed by atoms with E-state index in [9.17, 15) is 4.79 Å². The highest BCUT2D eigenvalue weighted by molar-refractivity contribution is 6.07. The number of carbonyl (C=O) groups is 1. The quantitative estimate of drug-likeness (QED) is 0.582. The van der Waals surface area contributed by atoms with Gasteiger partial charge in [0.05, 0.1) is 29.2 Å². The summed E-state index contributed by atoms with van der Waals surface area (Å²) < 4.78 is 3.64. The molecular weight excluding hydrogens is 352 g/mol. The third-order valence-corrected chi connectivity index (χ3v) is 4.91. The molecule has 3 aromatic heterocycles. The fourth-order valence-electron chi connectivity index (χ4n) is 3.31. The third-order valence-electron chi connectivity index (χ3n) is 4.91. The largest absolute Gasteiger partial charge is 0.348 e. The molecule has 0 aliphatic carbocycles. The van der Waals surface area contributed by atoms with Crippen LogP contribution in [0, 0.1) is 6.92 Å². The van der Waals surface area contributed by atoms with Crippen LogP contribution in [-0.2, 0) is 20.1 Å². The fraction of sp³-hybridized carbons (Fsp3) is 0.238. The number of para-hydroxylation sites is 1. The van der Waals surface area contributed by atoms with Gasteiger partial charge in [-0.1, -0.05) is 18.2 Å². The Morgan fingerprint density at radius 2 is 2.00 bits per heavy atom. The smallest absolute Gasteiger partial charge is 0.252 e. The van der Waals surface area contributed by atoms with Crippen LogP contribution in [0.2, 0.25) is 0 Å². The maximum atomic E-state index is 13.0. The number of fused-ring (bicyclic) bond motifs is 1. The van der Waals surface area contributed by atoms with Crippen molar-refractivity contribution in [2.75, 3.05) is 0 Å². The number of hydrogen-bond donors (Lipinski definition) is 1. The maximum absolute atomic E-state index is 13.0. The lowest BCUT2D eigenvalue weighted by Gasteiger charge is -2.10. The normalized spacial score (nSPS) is 11.1. The van der Waals surface area contributed by atoms with Crippen LogP contribution >= 0.6 is 0 Å². The monoisotopic (exact) mass is 374 g/mol. The molecule has 0 saturated heterocycles. The molecule has 3 heterocycles. The first kappa shape index (κ1) is 17.9. The molecule has 28 heavy (non-hydrogen) atoms. The summed E-state index contributed by atoms with van der Waals surface area (Å²) in [7, 11) is 1.86. The van der Waals surface area contributed by atoms with Crippen LogP contribution in [0.4, 0.5) is 0 Å². The Morgan fingerprint density at radius 3 is 2.71 bits per heavy atom. The van der Waals surface area contributed by atoms with Crippen LogP contribution < -0.4 is 5.32 Å². The van der Waals surface area contributed by atoms with Crippen molar-refractivity contribution < 1.29 is 4.79 Å². The molecule has 7 nitrogen and oxygen atoms in total. The van der Waals surface area contributed by atoms with E-state index >= 15 is 0 Å². The highest BCUT2D eigenvalue weighted by Crippen LogP contribution is 2.24. The van der Waals surface area contributed by atoms with E-state index in [1.54, 1.807) is 10.9 Å². The van der Waals surface area contributed by atoms with Gasteiger partial charge in [0.25, 0.3) is 5.91 Å². The van der Waals surface area contributed by atoms with Gasteiger partial charge in [-0.2, -0.15) is 10.2 Å². The van der Waals surface area contributed by atoms with Crippen LogP contribution in [0.1, 0.15) is 28.5 Å². The Bertz CT molecular complexity index is 1160. The van der Waals surface area contributed by atoms with Gasteiger partial charge in [-0.15, -0.1) is 0 Å². The summed E-state index contributed by atoms with van der Waals surface area (Å²) in [6.45, 7) is 5.30. The zero-order chi connectivity index (χ0) is 19.7. The third kappa shape index (κ3) is 3.26. The molecule has 1 aromatic carbocycles. The van der Waals surface area contributed by atoms with Crippen molar-refractivity contribution in [1.29, 1.82) is 0 Å². The van der Waals surface area contributed by atoms with Crippen LogP contribution in [0.5, 0.6) is 0 Å². The van der Waals surface area contributed by atoms with Gasteiger partial charge in [-0.05, 0) is 26.0 Å². The van der Waals surface area contributed by atoms with Gasteiger partial charge in [0, 0.05) is 48.5 Å². The van der Waals surface area contributed by atoms with E-state index in [2.05, 4.69) is 15.5 Å². The molecule has 1 amide bonds. The molecule has 0 radical (unpaired) electrons. The number of nitrogens with one attached hydrogen (secondary N) is 1. The van der Waals surface area contributed by atoms with Crippen LogP contribution in [0.15, 0.2) is 48.9 Å². The Balaban J connectivity index is 1.68. The van der Waals surface area contributed by atoms with Crippen molar-refractivity contribution in [3.8, 4) is 11.3 Å². The Kier molecular flexibility index (Phi) is 4.65. The van der Waals surface area contributed by atoms with Crippen molar-refractivity contribution in [2.24, 2.45) is 7.05 Å². The minimum atomic E-state index is -0.132. The van der Waals surface area contributed by atoms with E-state index < -0.39 is 0 Å². The molecule has 0 saturated carbocycles. The second-order valence-corrected chi connectivity index (χ2v) is 6.73. The first-order chi connectivity index (χ1) is 13.6. The van der Waals surface area contributed by atoms with Crippen molar-refractivity contribution in [1.82, 2.24) is 29.9 Å². The number of amides is 1. The van der Waals surface area contributed by atoms with Crippen LogP contribution in [0.25, 0.3) is 22.2 Å². The van der Waals surface area contributed by atoms with Gasteiger partial charge < -0.3 is 5.32 Å². The van der Waals surface area contributed by atoms with E-state index in [1.807, 2.05) is 68.3 Å². The Labute approximate surface area is 163 Å². The molecule has 0 aliphatic heterocycles. The lowest BCUT2D eigenvalue weighted by molar-refractivity contribution is 0.0952. The Morgan fingerprint density at radius 1 is 1.18 bits per heavy atom. The summed E-state index contributed by atoms with van der Waals surface area (Å²) in [5, 5.41) is 12.4. The summed E-state index contributed by atoms with van der Waals surface area (Å²) in [6, 6.07) is 9.51. The zero-order valence-electron chi connectivity index (χ0n) is 16.2. The van der Waals surface area contributed by atoms with E-state index in [-0.39, 0.29) is 5.91 Å². The lowest BCUT2D eigenvalue weighted by Crippen LogP contribution is -2.23. The number of carbonyl (C=O) groups excluding carboxylic acids is 1. The molecule has 7 heteroatoms. The summed E-state index contributed by atoms with van der Waals surface area (Å²) in [6.07, 6.45) is 5.45. The highest BCUT2D eigenvalue weighted by atomic mass is 16.1. The average molecular weight is 374 g/mol. The van der Waals surface area contributed by atoms with Gasteiger partial charge in [0.2, 0.25) is 0 Å². The molecule has 0 spiro atoms. The lowest BCUT2D eigenvalue weighted by atomic mass is 10.0. The first-order valence-electron chi connectivity index (χ1n) is 9.25. The van der Waals surface area contributed by atoms with Crippen molar-refractivity contribution in [3.05, 3.63) is 65.7 Å². The number of pyridine rings is 1. The number of aryl methyl sites for hydroxylation is 2. The van der Waals surface area contributed by atoms with Gasteiger partial charge >= 0.3 is 0 Å². The zero-order valence-corrected chi connectivity index (χ0v) is 16.2. The molecule has 4 aromatic rings. The summed E-state index contributed by atoms with van der Waals surface area (Å²) in [5.74, 6) is -0.132. The minimum Gasteiger partial charge on any atom is -0.348 e. The van der Waals surface area contributed by atoms with Gasteiger partial charge in [-0.3, -0.25) is 14.2 Å². The topological polar surface area (TPSA) is 77.6 Å². The highest BCUT2D eigenvalue weighted by Gasteiger charge is 2.15. The van der Waals surface area contributed by atoms with Gasteiger partial charge in [0.1, 0.15) is 0 Å². The molecule has 142 valence electrons. The summed E-state index contributed by atoms with van der Waals surface area (Å²) in [4.78, 5) is 17.7. The minimum absolute atomic E-state index is 0.132. The maximum Gasteiger partial charge on any atom is 0.252 e. The van der Waals surface area contributed by atoms with Crippen LogP contribution in [0.3, 0.4) is 0 Å². The van der Waals surface area contributed by atoms with E-state index in [1.165, 1.54) is 0 Å². The predicted molar refractivity (Wildman–Crippen MR) is 108 cm³/mol. The molecule has 0 fully saturated rings. The first-order valence-corrected chi connectivity index (χ1v) is 9.25. The standard InChI is InChI=1S/C21H22N6O/c1-4-27-14(2)15(11-24-27)10-22-21(28)18-9-20(16-12-23-26(3)13-16)25-19-8-6-5-7-17(18)19/h5-9,11-13H,4,10H2,1-3H3,(H,22,28). The second-order valence-electron chi connectivity index (χ2n) is 6.73. The number of aromatic nitrogens is 5. The average Bonchev–Trinajstić information content (AvgIpc) is 3.30. The van der Waals surface area contributed by atoms with Crippen molar-refractivity contribution in [3.63, 3.8) is 0 Å². The molecule has 0 aliphatic rings. The van der Waals surface area contributed by atoms with E-state index in [0.717, 1.165) is 40.0 Å². The molecule has 4 rings (SSSR count). The molecule has 0 unspecified atom stereocenters. The van der Waals surface area contributed by atoms with Crippen molar-refractivity contribution >= 4 is 16.8 Å². The summed E-state index contributed by atoms with van der Waals surface area (Å²) in [5.41, 5.74) is 5.07. The SMILES string of the molecule is CCn1ncc(CNC(=O)c2cc(-c3cnn(C)c3)nc3ccccc23)c1C. The van der Waals surface area contributed by atoms with E-state index in [4.69, 9.17) is 4.98 Å². The van der Waals surface area contributed by atoms with E-state index in [0.29, 0.717) is 12.1 Å². The molecule has 1 N–H and O–H groups in total.